The molecule has 1 aliphatic heterocycles. The number of ketones is 1. The molecule has 1 saturated heterocycles. The molecule has 2 aromatic rings. The molecule has 6 nitrogen and oxygen atoms in total. The van der Waals surface area contributed by atoms with Crippen LogP contribution in [0.2, 0.25) is 5.02 Å². The Hall–Kier alpha value is -2.83. The van der Waals surface area contributed by atoms with Crippen molar-refractivity contribution in [2.45, 2.75) is 39.8 Å². The molecular weight excluding hydrogens is 440 g/mol. The van der Waals surface area contributed by atoms with Gasteiger partial charge in [-0.05, 0) is 63.1 Å². The number of hydrogen-bond donors (Lipinski definition) is 1. The number of nitrogens with zero attached hydrogens (tertiary/aromatic N) is 1. The minimum absolute atomic E-state index is 0.00531. The lowest BCUT2D eigenvalue weighted by Crippen LogP contribution is -3.12. The molecule has 176 valence electrons. The molecule has 0 radical (unpaired) electrons. The van der Waals surface area contributed by atoms with Crippen molar-refractivity contribution in [1.29, 1.82) is 0 Å². The van der Waals surface area contributed by atoms with Gasteiger partial charge in [0.15, 0.2) is 0 Å². The molecule has 1 amide bonds. The van der Waals surface area contributed by atoms with Gasteiger partial charge in [0, 0.05) is 10.6 Å². The molecule has 0 bridgehead atoms. The highest BCUT2D eigenvalue weighted by Crippen LogP contribution is 2.38. The molecule has 1 N–H and O–H groups in total. The summed E-state index contributed by atoms with van der Waals surface area (Å²) in [6.07, 6.45) is 0.00531. The number of amides is 1. The lowest BCUT2D eigenvalue weighted by Gasteiger charge is -2.28. The highest BCUT2D eigenvalue weighted by molar-refractivity contribution is 6.46. The normalized spacial score (nSPS) is 17.9. The van der Waals surface area contributed by atoms with Gasteiger partial charge in [-0.1, -0.05) is 41.6 Å². The van der Waals surface area contributed by atoms with Gasteiger partial charge in [-0.2, -0.15) is 0 Å². The Morgan fingerprint density at radius 3 is 2.21 bits per heavy atom. The zero-order valence-electron chi connectivity index (χ0n) is 19.6. The maximum Gasteiger partial charge on any atom is 0.295 e. The van der Waals surface area contributed by atoms with Gasteiger partial charge < -0.3 is 19.6 Å². The fraction of sp³-hybridized carbons (Fsp3) is 0.385. The SMILES string of the molecule is CC[NH+](CC)CCN1C(=O)C(=O)/C(=C(/[O-])c2ccc(OC(C)C)cc2)C1c1ccc(Cl)cc1. The molecule has 0 aliphatic carbocycles. The highest BCUT2D eigenvalue weighted by Gasteiger charge is 2.44. The average molecular weight is 471 g/mol. The van der Waals surface area contributed by atoms with Crippen LogP contribution in [0.4, 0.5) is 0 Å². The number of rotatable bonds is 9. The van der Waals surface area contributed by atoms with Crippen LogP contribution in [0.25, 0.3) is 5.76 Å². The number of likely N-dealkylation sites (tertiary alicyclic amines) is 1. The monoisotopic (exact) mass is 470 g/mol. The van der Waals surface area contributed by atoms with Crippen LogP contribution in [0.15, 0.2) is 54.1 Å². The van der Waals surface area contributed by atoms with E-state index in [0.717, 1.165) is 13.1 Å². The van der Waals surface area contributed by atoms with Gasteiger partial charge in [0.25, 0.3) is 5.91 Å². The number of quaternary nitrogens is 1. The first-order valence-electron chi connectivity index (χ1n) is 11.4. The molecule has 0 spiro atoms. The lowest BCUT2D eigenvalue weighted by atomic mass is 9.95. The van der Waals surface area contributed by atoms with Crippen LogP contribution in [-0.2, 0) is 9.59 Å². The van der Waals surface area contributed by atoms with Gasteiger partial charge in [0.05, 0.1) is 38.3 Å². The van der Waals surface area contributed by atoms with Crippen molar-refractivity contribution in [3.8, 4) is 5.75 Å². The van der Waals surface area contributed by atoms with Crippen molar-refractivity contribution in [3.05, 3.63) is 70.3 Å². The Kier molecular flexibility index (Phi) is 8.16. The molecular formula is C26H31ClN2O4. The van der Waals surface area contributed by atoms with E-state index in [2.05, 4.69) is 13.8 Å². The summed E-state index contributed by atoms with van der Waals surface area (Å²) >= 11 is 6.06. The van der Waals surface area contributed by atoms with E-state index in [0.29, 0.717) is 35.0 Å². The van der Waals surface area contributed by atoms with E-state index in [1.807, 2.05) is 13.8 Å². The summed E-state index contributed by atoms with van der Waals surface area (Å²) in [4.78, 5) is 28.9. The summed E-state index contributed by atoms with van der Waals surface area (Å²) < 4.78 is 5.64. The molecule has 3 rings (SSSR count). The fourth-order valence-corrected chi connectivity index (χ4v) is 4.21. The summed E-state index contributed by atoms with van der Waals surface area (Å²) in [6, 6.07) is 12.9. The first kappa shape index (κ1) is 24.8. The topological polar surface area (TPSA) is 74.1 Å². The number of ether oxygens (including phenoxy) is 1. The van der Waals surface area contributed by atoms with Gasteiger partial charge in [0.1, 0.15) is 5.75 Å². The summed E-state index contributed by atoms with van der Waals surface area (Å²) in [6.45, 7) is 10.9. The molecule has 0 aromatic heterocycles. The van der Waals surface area contributed by atoms with Crippen molar-refractivity contribution < 1.29 is 24.3 Å². The standard InChI is InChI=1S/C26H31ClN2O4/c1-5-28(6-2)15-16-29-23(18-7-11-20(27)12-8-18)22(25(31)26(29)32)24(30)19-9-13-21(14-10-19)33-17(3)4/h7-14,17,23,30H,5-6,15-16H2,1-4H3/b24-22+. The second kappa shape index (κ2) is 10.9. The number of likely N-dealkylation sites (N-methyl/N-ethyl adjacent to an activating group) is 1. The van der Waals surface area contributed by atoms with Crippen molar-refractivity contribution in [2.24, 2.45) is 0 Å². The van der Waals surface area contributed by atoms with Crippen LogP contribution in [0.5, 0.6) is 5.75 Å². The Morgan fingerprint density at radius 2 is 1.67 bits per heavy atom. The molecule has 1 unspecified atom stereocenters. The second-order valence-corrected chi connectivity index (χ2v) is 8.86. The average Bonchev–Trinajstić information content (AvgIpc) is 3.05. The van der Waals surface area contributed by atoms with Crippen LogP contribution < -0.4 is 14.7 Å². The van der Waals surface area contributed by atoms with Gasteiger partial charge >= 0.3 is 0 Å². The summed E-state index contributed by atoms with van der Waals surface area (Å²) in [5.74, 6) is -1.18. The number of carbonyl (C=O) groups excluding carboxylic acids is 2. The second-order valence-electron chi connectivity index (χ2n) is 8.42. The number of nitrogens with one attached hydrogen (secondary N) is 1. The Balaban J connectivity index is 2.04. The highest BCUT2D eigenvalue weighted by atomic mass is 35.5. The van der Waals surface area contributed by atoms with Gasteiger partial charge in [-0.15, -0.1) is 0 Å². The van der Waals surface area contributed by atoms with Gasteiger partial charge in [0.2, 0.25) is 5.78 Å². The van der Waals surface area contributed by atoms with Crippen LogP contribution in [0.3, 0.4) is 0 Å². The maximum absolute atomic E-state index is 13.5. The number of benzene rings is 2. The van der Waals surface area contributed by atoms with E-state index >= 15 is 0 Å². The van der Waals surface area contributed by atoms with Crippen LogP contribution >= 0.6 is 11.6 Å². The number of halogens is 1. The van der Waals surface area contributed by atoms with E-state index in [4.69, 9.17) is 16.3 Å². The third-order valence-electron chi connectivity index (χ3n) is 5.91. The molecule has 1 heterocycles. The maximum atomic E-state index is 13.5. The zero-order valence-corrected chi connectivity index (χ0v) is 20.3. The van der Waals surface area contributed by atoms with Crippen molar-refractivity contribution in [3.63, 3.8) is 0 Å². The Bertz CT molecular complexity index is 1010. The molecule has 1 atom stereocenters. The number of Topliss-reactive ketones (excluding diaryl/α,β-unsaturated/α-hetero) is 1. The van der Waals surface area contributed by atoms with Crippen molar-refractivity contribution in [1.82, 2.24) is 4.90 Å². The van der Waals surface area contributed by atoms with E-state index in [1.54, 1.807) is 48.5 Å². The van der Waals surface area contributed by atoms with Gasteiger partial charge in [-0.3, -0.25) is 9.59 Å². The molecule has 1 fully saturated rings. The quantitative estimate of drug-likeness (QED) is 0.346. The number of carbonyl (C=O) groups is 2. The smallest absolute Gasteiger partial charge is 0.295 e. The van der Waals surface area contributed by atoms with E-state index in [9.17, 15) is 14.7 Å². The van der Waals surface area contributed by atoms with Crippen molar-refractivity contribution >= 4 is 29.1 Å². The zero-order chi connectivity index (χ0) is 24.1. The predicted molar refractivity (Wildman–Crippen MR) is 127 cm³/mol. The molecule has 1 aliphatic rings. The summed E-state index contributed by atoms with van der Waals surface area (Å²) in [5, 5.41) is 14.0. The molecule has 7 heteroatoms. The summed E-state index contributed by atoms with van der Waals surface area (Å²) in [5.41, 5.74) is 1.02. The molecule has 33 heavy (non-hydrogen) atoms. The Morgan fingerprint density at radius 1 is 1.06 bits per heavy atom. The minimum Gasteiger partial charge on any atom is -0.872 e. The number of hydrogen-bond acceptors (Lipinski definition) is 4. The first-order chi connectivity index (χ1) is 15.8. The summed E-state index contributed by atoms with van der Waals surface area (Å²) in [7, 11) is 0. The first-order valence-corrected chi connectivity index (χ1v) is 11.8. The lowest BCUT2D eigenvalue weighted by molar-refractivity contribution is -0.895. The van der Waals surface area contributed by atoms with Crippen LogP contribution in [-0.4, -0.2) is 48.9 Å². The Labute approximate surface area is 200 Å². The third-order valence-corrected chi connectivity index (χ3v) is 6.16. The molecule has 2 aromatic carbocycles. The van der Waals surface area contributed by atoms with E-state index < -0.39 is 23.5 Å². The van der Waals surface area contributed by atoms with Gasteiger partial charge in [-0.25, -0.2) is 0 Å². The van der Waals surface area contributed by atoms with Crippen molar-refractivity contribution in [2.75, 3.05) is 26.2 Å². The predicted octanol–water partition coefficient (Wildman–Crippen LogP) is 2.28. The molecule has 0 saturated carbocycles. The van der Waals surface area contributed by atoms with E-state index in [-0.39, 0.29) is 11.7 Å². The van der Waals surface area contributed by atoms with Crippen LogP contribution in [0, 0.1) is 0 Å². The third kappa shape index (κ3) is 5.57. The van der Waals surface area contributed by atoms with E-state index in [1.165, 1.54) is 9.80 Å². The largest absolute Gasteiger partial charge is 0.872 e. The fourth-order valence-electron chi connectivity index (χ4n) is 4.09. The minimum atomic E-state index is -0.740. The van der Waals surface area contributed by atoms with Crippen LogP contribution in [0.1, 0.15) is 44.9 Å².